The lowest BCUT2D eigenvalue weighted by Gasteiger charge is -2.17. The molecule has 1 aliphatic carbocycles. The second-order valence-corrected chi connectivity index (χ2v) is 7.95. The van der Waals surface area contributed by atoms with E-state index in [1.54, 1.807) is 18.9 Å². The molecule has 1 saturated carbocycles. The van der Waals surface area contributed by atoms with Crippen molar-refractivity contribution in [2.75, 3.05) is 26.5 Å². The minimum Gasteiger partial charge on any atom is -0.495 e. The van der Waals surface area contributed by atoms with Crippen molar-refractivity contribution < 1.29 is 9.53 Å². The Bertz CT molecular complexity index is 770. The number of ether oxygens (including phenoxy) is 1. The van der Waals surface area contributed by atoms with Crippen molar-refractivity contribution in [3.63, 3.8) is 0 Å². The normalized spacial score (nSPS) is 15.5. The van der Waals surface area contributed by atoms with Crippen molar-refractivity contribution in [3.05, 3.63) is 35.9 Å². The van der Waals surface area contributed by atoms with Gasteiger partial charge in [0.2, 0.25) is 0 Å². The highest BCUT2D eigenvalue weighted by Crippen LogP contribution is 2.36. The number of carbonyl (C=O) groups excluding carboxylic acids is 1. The first-order chi connectivity index (χ1) is 13.2. The molecule has 2 aromatic rings. The number of rotatable bonds is 7. The molecule has 1 amide bonds. The topological polar surface area (TPSA) is 50.4 Å². The van der Waals surface area contributed by atoms with Gasteiger partial charge in [-0.05, 0) is 30.6 Å². The largest absolute Gasteiger partial charge is 0.495 e. The average molecular weight is 387 g/mol. The third kappa shape index (κ3) is 4.96. The summed E-state index contributed by atoms with van der Waals surface area (Å²) < 4.78 is 5.61. The van der Waals surface area contributed by atoms with Crippen molar-refractivity contribution in [1.29, 1.82) is 0 Å². The zero-order valence-corrected chi connectivity index (χ0v) is 17.2. The van der Waals surface area contributed by atoms with E-state index in [0.29, 0.717) is 23.9 Å². The smallest absolute Gasteiger partial charge is 0.255 e. The van der Waals surface area contributed by atoms with E-state index in [0.717, 1.165) is 22.2 Å². The lowest BCUT2D eigenvalue weighted by molar-refractivity contribution is 0.0950. The molecule has 0 spiro atoms. The molecular weight excluding hydrogens is 356 g/mol. The van der Waals surface area contributed by atoms with Crippen molar-refractivity contribution in [1.82, 2.24) is 10.6 Å². The predicted octanol–water partition coefficient (Wildman–Crippen LogP) is 4.61. The van der Waals surface area contributed by atoms with Crippen molar-refractivity contribution in [3.8, 4) is 5.75 Å². The van der Waals surface area contributed by atoms with Gasteiger partial charge in [-0.1, -0.05) is 49.9 Å². The van der Waals surface area contributed by atoms with E-state index in [4.69, 9.17) is 4.74 Å². The Hall–Kier alpha value is -1.72. The summed E-state index contributed by atoms with van der Waals surface area (Å²) in [6.45, 7) is 1.43. The zero-order valence-electron chi connectivity index (χ0n) is 16.3. The van der Waals surface area contributed by atoms with Gasteiger partial charge >= 0.3 is 0 Å². The lowest BCUT2D eigenvalue weighted by Crippen LogP contribution is -2.37. The van der Waals surface area contributed by atoms with Gasteiger partial charge in [-0.25, -0.2) is 0 Å². The molecule has 3 rings (SSSR count). The minimum absolute atomic E-state index is 0.0735. The highest BCUT2D eigenvalue weighted by molar-refractivity contribution is 7.98. The summed E-state index contributed by atoms with van der Waals surface area (Å²) in [6, 6.07) is 10.6. The molecule has 2 N–H and O–H groups in total. The molecule has 0 radical (unpaired) electrons. The summed E-state index contributed by atoms with van der Waals surface area (Å²) in [7, 11) is 1.63. The summed E-state index contributed by atoms with van der Waals surface area (Å²) in [6.07, 6.45) is 9.88. The number of thioether (sulfide) groups is 1. The molecule has 0 aliphatic heterocycles. The first kappa shape index (κ1) is 20.0. The van der Waals surface area contributed by atoms with E-state index in [1.165, 1.54) is 38.5 Å². The van der Waals surface area contributed by atoms with Gasteiger partial charge in [0.25, 0.3) is 5.91 Å². The average Bonchev–Trinajstić information content (AvgIpc) is 2.98. The number of carbonyl (C=O) groups is 1. The first-order valence-corrected chi connectivity index (χ1v) is 11.1. The van der Waals surface area contributed by atoms with Crippen LogP contribution in [0.3, 0.4) is 0 Å². The van der Waals surface area contributed by atoms with Crippen LogP contribution in [0.5, 0.6) is 5.75 Å². The van der Waals surface area contributed by atoms with Crippen LogP contribution < -0.4 is 15.4 Å². The van der Waals surface area contributed by atoms with Crippen molar-refractivity contribution in [2.45, 2.75) is 49.5 Å². The van der Waals surface area contributed by atoms with Crippen LogP contribution in [-0.2, 0) is 0 Å². The van der Waals surface area contributed by atoms with Gasteiger partial charge in [0.15, 0.2) is 0 Å². The van der Waals surface area contributed by atoms with Crippen LogP contribution in [0.1, 0.15) is 48.9 Å². The fraction of sp³-hybridized carbons (Fsp3) is 0.500. The minimum atomic E-state index is -0.0735. The van der Waals surface area contributed by atoms with Crippen LogP contribution in [0.25, 0.3) is 10.8 Å². The Morgan fingerprint density at radius 1 is 1.11 bits per heavy atom. The van der Waals surface area contributed by atoms with E-state index >= 15 is 0 Å². The van der Waals surface area contributed by atoms with Crippen LogP contribution in [0.15, 0.2) is 35.2 Å². The van der Waals surface area contributed by atoms with Crippen LogP contribution in [0.4, 0.5) is 0 Å². The molecule has 0 heterocycles. The molecule has 27 heavy (non-hydrogen) atoms. The number of benzene rings is 2. The second-order valence-electron chi connectivity index (χ2n) is 7.10. The molecule has 0 saturated heterocycles. The molecule has 1 aliphatic rings. The Labute approximate surface area is 166 Å². The fourth-order valence-corrected chi connectivity index (χ4v) is 4.54. The van der Waals surface area contributed by atoms with Gasteiger partial charge in [0.05, 0.1) is 12.7 Å². The molecule has 2 aromatic carbocycles. The van der Waals surface area contributed by atoms with Gasteiger partial charge in [0, 0.05) is 29.4 Å². The Morgan fingerprint density at radius 3 is 2.48 bits per heavy atom. The number of methoxy groups -OCH3 is 1. The summed E-state index contributed by atoms with van der Waals surface area (Å²) in [5, 5.41) is 8.75. The quantitative estimate of drug-likeness (QED) is 0.414. The van der Waals surface area contributed by atoms with Gasteiger partial charge < -0.3 is 15.4 Å². The summed E-state index contributed by atoms with van der Waals surface area (Å²) in [4.78, 5) is 13.9. The van der Waals surface area contributed by atoms with Gasteiger partial charge in [-0.3, -0.25) is 4.79 Å². The molecule has 0 unspecified atom stereocenters. The molecule has 4 nitrogen and oxygen atoms in total. The van der Waals surface area contributed by atoms with E-state index < -0.39 is 0 Å². The monoisotopic (exact) mass is 386 g/mol. The number of hydrogen-bond donors (Lipinski definition) is 2. The fourth-order valence-electron chi connectivity index (χ4n) is 3.90. The van der Waals surface area contributed by atoms with Crippen LogP contribution in [0, 0.1) is 0 Å². The zero-order chi connectivity index (χ0) is 19.1. The van der Waals surface area contributed by atoms with Crippen LogP contribution >= 0.6 is 11.8 Å². The predicted molar refractivity (Wildman–Crippen MR) is 114 cm³/mol. The van der Waals surface area contributed by atoms with Gasteiger partial charge in [0.1, 0.15) is 5.75 Å². The van der Waals surface area contributed by atoms with Gasteiger partial charge in [-0.15, -0.1) is 11.8 Å². The van der Waals surface area contributed by atoms with Gasteiger partial charge in [-0.2, -0.15) is 0 Å². The maximum atomic E-state index is 12.8. The van der Waals surface area contributed by atoms with E-state index in [9.17, 15) is 4.79 Å². The van der Waals surface area contributed by atoms with Crippen LogP contribution in [-0.4, -0.2) is 38.4 Å². The molecule has 0 bridgehead atoms. The summed E-state index contributed by atoms with van der Waals surface area (Å²) >= 11 is 1.65. The number of amides is 1. The Kier molecular flexibility index (Phi) is 7.41. The standard InChI is InChI=1S/C22H30N2O2S/c1-26-21-18-12-8-7-11-17(18)20(27-2)15-19(21)22(25)24-14-13-23-16-9-5-3-4-6-10-16/h7-8,11-12,15-16,23H,3-6,9-10,13-14H2,1-2H3,(H,24,25). The molecule has 0 aromatic heterocycles. The highest BCUT2D eigenvalue weighted by Gasteiger charge is 2.18. The highest BCUT2D eigenvalue weighted by atomic mass is 32.2. The van der Waals surface area contributed by atoms with Crippen LogP contribution in [0.2, 0.25) is 0 Å². The molecule has 0 atom stereocenters. The molecular formula is C22H30N2O2S. The Balaban J connectivity index is 1.66. The number of hydrogen-bond acceptors (Lipinski definition) is 4. The number of fused-ring (bicyclic) bond motifs is 1. The van der Waals surface area contributed by atoms with Crippen molar-refractivity contribution in [2.24, 2.45) is 0 Å². The van der Waals surface area contributed by atoms with Crippen molar-refractivity contribution >= 4 is 28.4 Å². The van der Waals surface area contributed by atoms with E-state index in [1.807, 2.05) is 30.5 Å². The third-order valence-electron chi connectivity index (χ3n) is 5.32. The first-order valence-electron chi connectivity index (χ1n) is 9.90. The molecule has 1 fully saturated rings. The molecule has 146 valence electrons. The lowest BCUT2D eigenvalue weighted by atomic mass is 10.0. The Morgan fingerprint density at radius 2 is 1.81 bits per heavy atom. The summed E-state index contributed by atoms with van der Waals surface area (Å²) in [5.74, 6) is 0.577. The third-order valence-corrected chi connectivity index (χ3v) is 6.10. The summed E-state index contributed by atoms with van der Waals surface area (Å²) in [5.41, 5.74) is 0.606. The van der Waals surface area contributed by atoms with E-state index in [-0.39, 0.29) is 5.91 Å². The second kappa shape index (κ2) is 10.00. The number of nitrogens with one attached hydrogen (secondary N) is 2. The van der Waals surface area contributed by atoms with E-state index in [2.05, 4.69) is 16.7 Å². The SMILES string of the molecule is COc1c(C(=O)NCCNC2CCCCCC2)cc(SC)c2ccccc12. The maximum Gasteiger partial charge on any atom is 0.255 e. The maximum absolute atomic E-state index is 12.8. The molecule has 5 heteroatoms.